The third kappa shape index (κ3) is 11.6. The number of ether oxygens (including phenoxy) is 1. The molecule has 0 rings (SSSR count). The molecule has 0 aromatic rings. The van der Waals surface area contributed by atoms with Crippen LogP contribution in [0, 0.1) is 0 Å². The molecule has 1 unspecified atom stereocenters. The summed E-state index contributed by atoms with van der Waals surface area (Å²) < 4.78 is 4.85. The zero-order chi connectivity index (χ0) is 13.8. The maximum Gasteiger partial charge on any atom is 0.332 e. The van der Waals surface area contributed by atoms with E-state index in [1.54, 1.807) is 0 Å². The first-order valence-electron chi connectivity index (χ1n) is 7.09. The van der Waals surface area contributed by atoms with Crippen molar-refractivity contribution in [1.29, 1.82) is 0 Å². The van der Waals surface area contributed by atoms with Crippen LogP contribution in [0.25, 0.3) is 0 Å². The number of allylic oxidation sites excluding steroid dienone is 1. The van der Waals surface area contributed by atoms with Gasteiger partial charge in [0.05, 0.1) is 0 Å². The topological polar surface area (TPSA) is 46.5 Å². The number of hydrogen-bond acceptors (Lipinski definition) is 3. The minimum atomic E-state index is -0.955. The molecule has 1 N–H and O–H groups in total. The van der Waals surface area contributed by atoms with Crippen LogP contribution in [0.5, 0.6) is 0 Å². The van der Waals surface area contributed by atoms with Gasteiger partial charge in [-0.3, -0.25) is 0 Å². The highest BCUT2D eigenvalue weighted by atomic mass is 16.6. The number of hydrogen-bond donors (Lipinski definition) is 1. The molecule has 3 heteroatoms. The maximum atomic E-state index is 11.2. The fraction of sp³-hybridized carbons (Fsp3) is 0.800. The Balaban J connectivity index is 3.45. The second kappa shape index (κ2) is 11.3. The molecule has 0 saturated carbocycles. The number of carbonyl (C=O) groups excluding carboxylic acids is 1. The standard InChI is InChI=1S/C15H28O3/c1-4-5-6-7-8-9-10-11-14(16)18-15(17)12-13(2)3/h12,14,16H,4-11H2,1-3H3. The van der Waals surface area contributed by atoms with E-state index in [0.717, 1.165) is 18.4 Å². The molecule has 0 fully saturated rings. The SMILES string of the molecule is CCCCCCCCCC(O)OC(=O)C=C(C)C. The Labute approximate surface area is 111 Å². The van der Waals surface area contributed by atoms with Crippen LogP contribution in [-0.4, -0.2) is 17.4 Å². The summed E-state index contributed by atoms with van der Waals surface area (Å²) in [5, 5.41) is 9.50. The van der Waals surface area contributed by atoms with E-state index in [9.17, 15) is 9.90 Å². The number of carbonyl (C=O) groups is 1. The van der Waals surface area contributed by atoms with E-state index in [1.165, 1.54) is 38.2 Å². The molecule has 106 valence electrons. The van der Waals surface area contributed by atoms with Crippen molar-refractivity contribution >= 4 is 5.97 Å². The first kappa shape index (κ1) is 17.2. The highest BCUT2D eigenvalue weighted by Gasteiger charge is 2.08. The molecule has 18 heavy (non-hydrogen) atoms. The van der Waals surface area contributed by atoms with Crippen LogP contribution in [0.1, 0.15) is 72.1 Å². The van der Waals surface area contributed by atoms with E-state index in [4.69, 9.17) is 4.74 Å². The van der Waals surface area contributed by atoms with Gasteiger partial charge in [0.2, 0.25) is 6.29 Å². The van der Waals surface area contributed by atoms with Crippen molar-refractivity contribution in [3.05, 3.63) is 11.6 Å². The lowest BCUT2D eigenvalue weighted by molar-refractivity contribution is -0.162. The molecular weight excluding hydrogens is 228 g/mol. The fourth-order valence-electron chi connectivity index (χ4n) is 1.74. The van der Waals surface area contributed by atoms with E-state index in [-0.39, 0.29) is 0 Å². The van der Waals surface area contributed by atoms with Crippen LogP contribution >= 0.6 is 0 Å². The van der Waals surface area contributed by atoms with Crippen LogP contribution in [0.15, 0.2) is 11.6 Å². The summed E-state index contributed by atoms with van der Waals surface area (Å²) >= 11 is 0. The fourth-order valence-corrected chi connectivity index (χ4v) is 1.74. The van der Waals surface area contributed by atoms with E-state index in [2.05, 4.69) is 6.92 Å². The summed E-state index contributed by atoms with van der Waals surface area (Å²) in [6.07, 6.45) is 9.33. The van der Waals surface area contributed by atoms with Crippen molar-refractivity contribution in [1.82, 2.24) is 0 Å². The van der Waals surface area contributed by atoms with Crippen LogP contribution in [0.4, 0.5) is 0 Å². The normalized spacial score (nSPS) is 12.0. The Kier molecular flexibility index (Phi) is 10.8. The maximum absolute atomic E-state index is 11.2. The number of unbranched alkanes of at least 4 members (excludes halogenated alkanes) is 6. The lowest BCUT2D eigenvalue weighted by Gasteiger charge is -2.10. The van der Waals surface area contributed by atoms with Gasteiger partial charge in [0.1, 0.15) is 0 Å². The highest BCUT2D eigenvalue weighted by Crippen LogP contribution is 2.10. The molecule has 0 radical (unpaired) electrons. The monoisotopic (exact) mass is 256 g/mol. The summed E-state index contributed by atoms with van der Waals surface area (Å²) in [7, 11) is 0. The molecule has 0 aromatic carbocycles. The lowest BCUT2D eigenvalue weighted by Crippen LogP contribution is -2.16. The van der Waals surface area contributed by atoms with Crippen molar-refractivity contribution in [3.8, 4) is 0 Å². The number of esters is 1. The Hall–Kier alpha value is -0.830. The number of aliphatic hydroxyl groups is 1. The average Bonchev–Trinajstić information content (AvgIpc) is 2.26. The van der Waals surface area contributed by atoms with Gasteiger partial charge in [-0.2, -0.15) is 0 Å². The Morgan fingerprint density at radius 2 is 1.67 bits per heavy atom. The van der Waals surface area contributed by atoms with Crippen molar-refractivity contribution in [2.24, 2.45) is 0 Å². The summed E-state index contributed by atoms with van der Waals surface area (Å²) in [6.45, 7) is 5.85. The molecule has 0 aliphatic carbocycles. The van der Waals surface area contributed by atoms with Gasteiger partial charge >= 0.3 is 5.97 Å². The predicted octanol–water partition coefficient (Wildman–Crippen LogP) is 3.95. The van der Waals surface area contributed by atoms with Gasteiger partial charge in [-0.15, -0.1) is 0 Å². The average molecular weight is 256 g/mol. The minimum absolute atomic E-state index is 0.453. The Morgan fingerprint density at radius 3 is 2.22 bits per heavy atom. The first-order valence-corrected chi connectivity index (χ1v) is 7.09. The van der Waals surface area contributed by atoms with Gasteiger partial charge in [-0.1, -0.05) is 51.0 Å². The summed E-state index contributed by atoms with van der Waals surface area (Å²) in [5.41, 5.74) is 0.878. The predicted molar refractivity (Wildman–Crippen MR) is 74.1 cm³/mol. The minimum Gasteiger partial charge on any atom is -0.433 e. The van der Waals surface area contributed by atoms with E-state index >= 15 is 0 Å². The molecular formula is C15H28O3. The highest BCUT2D eigenvalue weighted by molar-refractivity contribution is 5.82. The van der Waals surface area contributed by atoms with Gasteiger partial charge < -0.3 is 9.84 Å². The van der Waals surface area contributed by atoms with Gasteiger partial charge in [0.15, 0.2) is 0 Å². The summed E-state index contributed by atoms with van der Waals surface area (Å²) in [6, 6.07) is 0. The molecule has 0 aromatic heterocycles. The molecule has 0 amide bonds. The molecule has 1 atom stereocenters. The van der Waals surface area contributed by atoms with Gasteiger partial charge in [-0.25, -0.2) is 4.79 Å². The number of aliphatic hydroxyl groups excluding tert-OH is 1. The molecule has 0 saturated heterocycles. The van der Waals surface area contributed by atoms with Gasteiger partial charge in [0, 0.05) is 12.5 Å². The Bertz CT molecular complexity index is 242. The molecule has 0 aliphatic heterocycles. The van der Waals surface area contributed by atoms with Crippen LogP contribution in [-0.2, 0) is 9.53 Å². The third-order valence-corrected chi connectivity index (χ3v) is 2.71. The lowest BCUT2D eigenvalue weighted by atomic mass is 10.1. The second-order valence-corrected chi connectivity index (χ2v) is 5.02. The molecule has 0 aliphatic rings. The summed E-state index contributed by atoms with van der Waals surface area (Å²) in [5.74, 6) is -0.453. The van der Waals surface area contributed by atoms with E-state index in [0.29, 0.717) is 6.42 Å². The first-order chi connectivity index (χ1) is 8.56. The van der Waals surface area contributed by atoms with Gasteiger partial charge in [0.25, 0.3) is 0 Å². The van der Waals surface area contributed by atoms with Crippen molar-refractivity contribution in [2.75, 3.05) is 0 Å². The number of rotatable bonds is 10. The molecule has 0 bridgehead atoms. The Morgan fingerprint density at radius 1 is 1.11 bits per heavy atom. The quantitative estimate of drug-likeness (QED) is 0.278. The van der Waals surface area contributed by atoms with Crippen LogP contribution in [0.3, 0.4) is 0 Å². The van der Waals surface area contributed by atoms with Crippen molar-refractivity contribution in [3.63, 3.8) is 0 Å². The largest absolute Gasteiger partial charge is 0.433 e. The van der Waals surface area contributed by atoms with Crippen LogP contribution < -0.4 is 0 Å². The van der Waals surface area contributed by atoms with E-state index in [1.807, 2.05) is 13.8 Å². The van der Waals surface area contributed by atoms with Crippen LogP contribution in [0.2, 0.25) is 0 Å². The zero-order valence-corrected chi connectivity index (χ0v) is 12.1. The van der Waals surface area contributed by atoms with Crippen molar-refractivity contribution in [2.45, 2.75) is 78.4 Å². The second-order valence-electron chi connectivity index (χ2n) is 5.02. The van der Waals surface area contributed by atoms with Crippen molar-refractivity contribution < 1.29 is 14.6 Å². The van der Waals surface area contributed by atoms with E-state index < -0.39 is 12.3 Å². The zero-order valence-electron chi connectivity index (χ0n) is 12.1. The molecule has 0 spiro atoms. The smallest absolute Gasteiger partial charge is 0.332 e. The van der Waals surface area contributed by atoms with Gasteiger partial charge in [-0.05, 0) is 20.3 Å². The third-order valence-electron chi connectivity index (χ3n) is 2.71. The molecule has 3 nitrogen and oxygen atoms in total. The molecule has 0 heterocycles. The summed E-state index contributed by atoms with van der Waals surface area (Å²) in [4.78, 5) is 11.2.